The number of carboxylic acids is 1. The van der Waals surface area contributed by atoms with Crippen LogP contribution in [0.4, 0.5) is 0 Å². The minimum absolute atomic E-state index is 0.00948. The second-order valence-corrected chi connectivity index (χ2v) is 4.18. The first-order valence-electron chi connectivity index (χ1n) is 5.44. The molecule has 0 atom stereocenters. The van der Waals surface area contributed by atoms with Crippen LogP contribution in [-0.2, 0) is 6.42 Å². The summed E-state index contributed by atoms with van der Waals surface area (Å²) >= 11 is 0. The summed E-state index contributed by atoms with van der Waals surface area (Å²) in [6.45, 7) is 4.09. The van der Waals surface area contributed by atoms with Gasteiger partial charge in [0.05, 0.1) is 0 Å². The lowest BCUT2D eigenvalue weighted by Gasteiger charge is -2.04. The fourth-order valence-corrected chi connectivity index (χ4v) is 1.82. The summed E-state index contributed by atoms with van der Waals surface area (Å²) in [5.74, 6) is -0.365. The molecule has 1 N–H and O–H groups in total. The molecule has 0 amide bonds. The van der Waals surface area contributed by atoms with Crippen molar-refractivity contribution in [2.45, 2.75) is 20.3 Å². The second-order valence-electron chi connectivity index (χ2n) is 4.18. The van der Waals surface area contributed by atoms with Crippen molar-refractivity contribution in [2.75, 3.05) is 0 Å². The number of carbonyl (C=O) groups is 1. The third-order valence-electron chi connectivity index (χ3n) is 2.74. The number of aryl methyl sites for hydroxylation is 2. The van der Waals surface area contributed by atoms with Gasteiger partial charge in [-0.05, 0) is 37.1 Å². The minimum Gasteiger partial charge on any atom is -0.475 e. The van der Waals surface area contributed by atoms with E-state index in [0.717, 1.165) is 5.56 Å². The standard InChI is InChI=1S/C14H14O3/c1-9-3-4-11(10(2)7-9)8-12-5-6-13(17-12)14(15)16/h3-7H,8H2,1-2H3,(H,15,16). The van der Waals surface area contributed by atoms with Gasteiger partial charge in [-0.2, -0.15) is 0 Å². The summed E-state index contributed by atoms with van der Waals surface area (Å²) in [5, 5.41) is 8.76. The van der Waals surface area contributed by atoms with Gasteiger partial charge in [0.15, 0.2) is 0 Å². The topological polar surface area (TPSA) is 50.4 Å². The van der Waals surface area contributed by atoms with Crippen LogP contribution in [-0.4, -0.2) is 11.1 Å². The lowest BCUT2D eigenvalue weighted by Crippen LogP contribution is -1.93. The van der Waals surface area contributed by atoms with Crippen molar-refractivity contribution in [1.29, 1.82) is 0 Å². The molecular weight excluding hydrogens is 216 g/mol. The molecule has 0 bridgehead atoms. The summed E-state index contributed by atoms with van der Waals surface area (Å²) < 4.78 is 5.23. The number of rotatable bonds is 3. The van der Waals surface area contributed by atoms with E-state index in [1.165, 1.54) is 17.2 Å². The molecule has 0 fully saturated rings. The largest absolute Gasteiger partial charge is 0.475 e. The molecule has 0 aliphatic carbocycles. The van der Waals surface area contributed by atoms with E-state index in [9.17, 15) is 4.79 Å². The van der Waals surface area contributed by atoms with E-state index < -0.39 is 5.97 Å². The highest BCUT2D eigenvalue weighted by Crippen LogP contribution is 2.17. The van der Waals surface area contributed by atoms with E-state index >= 15 is 0 Å². The number of furan rings is 1. The van der Waals surface area contributed by atoms with E-state index in [1.54, 1.807) is 6.07 Å². The Morgan fingerprint density at radius 3 is 2.59 bits per heavy atom. The van der Waals surface area contributed by atoms with Crippen LogP contribution in [0.5, 0.6) is 0 Å². The highest BCUT2D eigenvalue weighted by Gasteiger charge is 2.10. The first kappa shape index (κ1) is 11.5. The van der Waals surface area contributed by atoms with Crippen molar-refractivity contribution in [3.63, 3.8) is 0 Å². The fraction of sp³-hybridized carbons (Fsp3) is 0.214. The average Bonchev–Trinajstić information content (AvgIpc) is 2.71. The predicted molar refractivity (Wildman–Crippen MR) is 64.4 cm³/mol. The summed E-state index contributed by atoms with van der Waals surface area (Å²) in [6, 6.07) is 9.40. The Morgan fingerprint density at radius 2 is 2.00 bits per heavy atom. The summed E-state index contributed by atoms with van der Waals surface area (Å²) in [4.78, 5) is 10.7. The van der Waals surface area contributed by atoms with Crippen LogP contribution in [0.3, 0.4) is 0 Å². The van der Waals surface area contributed by atoms with Gasteiger partial charge in [-0.3, -0.25) is 0 Å². The molecule has 0 aliphatic heterocycles. The zero-order valence-electron chi connectivity index (χ0n) is 9.86. The first-order valence-corrected chi connectivity index (χ1v) is 5.44. The van der Waals surface area contributed by atoms with Crippen molar-refractivity contribution in [1.82, 2.24) is 0 Å². The molecule has 0 aliphatic rings. The molecule has 1 aromatic heterocycles. The molecule has 3 nitrogen and oxygen atoms in total. The quantitative estimate of drug-likeness (QED) is 0.880. The first-order chi connectivity index (χ1) is 8.06. The SMILES string of the molecule is Cc1ccc(Cc2ccc(C(=O)O)o2)c(C)c1. The van der Waals surface area contributed by atoms with Gasteiger partial charge in [-0.25, -0.2) is 4.79 Å². The molecule has 2 aromatic rings. The van der Waals surface area contributed by atoms with E-state index in [2.05, 4.69) is 6.07 Å². The van der Waals surface area contributed by atoms with Gasteiger partial charge >= 0.3 is 5.97 Å². The van der Waals surface area contributed by atoms with E-state index in [-0.39, 0.29) is 5.76 Å². The summed E-state index contributed by atoms with van der Waals surface area (Å²) in [5.41, 5.74) is 3.57. The molecular formula is C14H14O3. The normalized spacial score (nSPS) is 10.5. The zero-order chi connectivity index (χ0) is 12.4. The molecule has 1 heterocycles. The fourth-order valence-electron chi connectivity index (χ4n) is 1.82. The van der Waals surface area contributed by atoms with Gasteiger partial charge in [0.1, 0.15) is 5.76 Å². The number of benzene rings is 1. The predicted octanol–water partition coefficient (Wildman–Crippen LogP) is 3.19. The number of carboxylic acid groups (broad SMARTS) is 1. The van der Waals surface area contributed by atoms with E-state index in [0.29, 0.717) is 12.2 Å². The molecule has 88 valence electrons. The number of hydrogen-bond donors (Lipinski definition) is 1. The Morgan fingerprint density at radius 1 is 1.24 bits per heavy atom. The number of hydrogen-bond acceptors (Lipinski definition) is 2. The molecule has 0 unspecified atom stereocenters. The van der Waals surface area contributed by atoms with Crippen LogP contribution in [0.25, 0.3) is 0 Å². The van der Waals surface area contributed by atoms with Gasteiger partial charge in [-0.15, -0.1) is 0 Å². The minimum atomic E-state index is -1.03. The molecule has 3 heteroatoms. The molecule has 0 radical (unpaired) electrons. The Hall–Kier alpha value is -2.03. The van der Waals surface area contributed by atoms with Crippen LogP contribution in [0.15, 0.2) is 34.7 Å². The number of aromatic carboxylic acids is 1. The summed E-state index contributed by atoms with van der Waals surface area (Å²) in [7, 11) is 0. The monoisotopic (exact) mass is 230 g/mol. The summed E-state index contributed by atoms with van der Waals surface area (Å²) in [6.07, 6.45) is 0.624. The van der Waals surface area contributed by atoms with Crippen molar-refractivity contribution in [3.05, 3.63) is 58.5 Å². The zero-order valence-corrected chi connectivity index (χ0v) is 9.86. The third-order valence-corrected chi connectivity index (χ3v) is 2.74. The van der Waals surface area contributed by atoms with E-state index in [4.69, 9.17) is 9.52 Å². The van der Waals surface area contributed by atoms with Gasteiger partial charge in [-0.1, -0.05) is 23.8 Å². The molecule has 17 heavy (non-hydrogen) atoms. The molecule has 0 spiro atoms. The second kappa shape index (κ2) is 4.45. The maximum Gasteiger partial charge on any atom is 0.371 e. The van der Waals surface area contributed by atoms with Crippen molar-refractivity contribution in [2.24, 2.45) is 0 Å². The van der Waals surface area contributed by atoms with Gasteiger partial charge in [0.2, 0.25) is 5.76 Å². The van der Waals surface area contributed by atoms with Crippen molar-refractivity contribution in [3.8, 4) is 0 Å². The van der Waals surface area contributed by atoms with Crippen molar-refractivity contribution < 1.29 is 14.3 Å². The van der Waals surface area contributed by atoms with Crippen LogP contribution in [0.1, 0.15) is 33.0 Å². The Kier molecular flexibility index (Phi) is 3.00. The Bertz CT molecular complexity index is 552. The molecule has 1 aromatic carbocycles. The molecule has 0 saturated heterocycles. The van der Waals surface area contributed by atoms with Crippen LogP contribution < -0.4 is 0 Å². The van der Waals surface area contributed by atoms with Crippen LogP contribution >= 0.6 is 0 Å². The molecule has 0 saturated carbocycles. The lowest BCUT2D eigenvalue weighted by molar-refractivity contribution is 0.0660. The Labute approximate surface area is 99.7 Å². The van der Waals surface area contributed by atoms with Crippen LogP contribution in [0, 0.1) is 13.8 Å². The smallest absolute Gasteiger partial charge is 0.371 e. The van der Waals surface area contributed by atoms with Gasteiger partial charge in [0, 0.05) is 6.42 Å². The Balaban J connectivity index is 2.22. The van der Waals surface area contributed by atoms with Crippen molar-refractivity contribution >= 4 is 5.97 Å². The maximum atomic E-state index is 10.7. The van der Waals surface area contributed by atoms with Crippen LogP contribution in [0.2, 0.25) is 0 Å². The van der Waals surface area contributed by atoms with E-state index in [1.807, 2.05) is 26.0 Å². The van der Waals surface area contributed by atoms with Gasteiger partial charge in [0.25, 0.3) is 0 Å². The average molecular weight is 230 g/mol. The maximum absolute atomic E-state index is 10.7. The molecule has 2 rings (SSSR count). The highest BCUT2D eigenvalue weighted by atomic mass is 16.4. The third kappa shape index (κ3) is 2.56. The lowest BCUT2D eigenvalue weighted by atomic mass is 10.0. The highest BCUT2D eigenvalue weighted by molar-refractivity contribution is 5.84. The van der Waals surface area contributed by atoms with Gasteiger partial charge < -0.3 is 9.52 Å².